The fraction of sp³-hybridized carbons (Fsp3) is 0.562. The van der Waals surface area contributed by atoms with E-state index in [1.54, 1.807) is 0 Å². The van der Waals surface area contributed by atoms with E-state index in [2.05, 4.69) is 4.90 Å². The quantitative estimate of drug-likeness (QED) is 0.891. The zero-order valence-corrected chi connectivity index (χ0v) is 13.4. The Morgan fingerprint density at radius 1 is 1.41 bits per heavy atom. The number of aliphatic hydroxyl groups excluding tert-OH is 1. The van der Waals surface area contributed by atoms with E-state index in [4.69, 9.17) is 16.7 Å². The maximum atomic E-state index is 13.1. The third kappa shape index (κ3) is 3.77. The summed E-state index contributed by atoms with van der Waals surface area (Å²) in [6, 6.07) is 4.05. The summed E-state index contributed by atoms with van der Waals surface area (Å²) in [7, 11) is 0. The normalized spacial score (nSPS) is 27.6. The van der Waals surface area contributed by atoms with Crippen molar-refractivity contribution in [3.05, 3.63) is 34.6 Å². The lowest BCUT2D eigenvalue weighted by molar-refractivity contribution is -0.145. The van der Waals surface area contributed by atoms with Gasteiger partial charge >= 0.3 is 5.97 Å². The third-order valence-electron chi connectivity index (χ3n) is 4.44. The summed E-state index contributed by atoms with van der Waals surface area (Å²) in [5.74, 6) is -1.54. The molecule has 1 heterocycles. The molecule has 3 atom stereocenters. The number of rotatable bonds is 4. The highest BCUT2D eigenvalue weighted by molar-refractivity contribution is 6.31. The van der Waals surface area contributed by atoms with Crippen molar-refractivity contribution in [3.8, 4) is 0 Å². The van der Waals surface area contributed by atoms with Gasteiger partial charge in [0.1, 0.15) is 5.82 Å². The molecule has 0 radical (unpaired) electrons. The van der Waals surface area contributed by atoms with Crippen molar-refractivity contribution in [2.24, 2.45) is 5.92 Å². The molecule has 2 rings (SSSR count). The Bertz CT molecular complexity index is 542. The van der Waals surface area contributed by atoms with Gasteiger partial charge in [-0.15, -0.1) is 0 Å². The summed E-state index contributed by atoms with van der Waals surface area (Å²) >= 11 is 5.98. The average Bonchev–Trinajstić information content (AvgIpc) is 2.42. The van der Waals surface area contributed by atoms with E-state index in [1.807, 2.05) is 13.8 Å². The van der Waals surface area contributed by atoms with Gasteiger partial charge in [0.25, 0.3) is 0 Å². The first-order valence-corrected chi connectivity index (χ1v) is 7.79. The zero-order chi connectivity index (χ0) is 16.4. The van der Waals surface area contributed by atoms with Crippen LogP contribution >= 0.6 is 11.6 Å². The Kier molecular flexibility index (Phi) is 5.42. The van der Waals surface area contributed by atoms with Gasteiger partial charge in [0, 0.05) is 29.2 Å². The maximum absolute atomic E-state index is 13.1. The van der Waals surface area contributed by atoms with E-state index in [1.165, 1.54) is 18.2 Å². The molecule has 3 unspecified atom stereocenters. The molecular formula is C16H21ClFNO3. The van der Waals surface area contributed by atoms with E-state index in [0.29, 0.717) is 24.9 Å². The van der Waals surface area contributed by atoms with Crippen LogP contribution in [-0.4, -0.2) is 39.7 Å². The number of piperidine rings is 1. The average molecular weight is 330 g/mol. The van der Waals surface area contributed by atoms with Gasteiger partial charge in [-0.1, -0.05) is 17.7 Å². The summed E-state index contributed by atoms with van der Waals surface area (Å²) in [6.07, 6.45) is 0.284. The van der Waals surface area contributed by atoms with Crippen molar-refractivity contribution in [2.75, 3.05) is 6.54 Å². The van der Waals surface area contributed by atoms with Gasteiger partial charge in [-0.05, 0) is 38.8 Å². The molecule has 0 spiro atoms. The lowest BCUT2D eigenvalue weighted by atomic mass is 9.86. The molecule has 1 aromatic rings. The van der Waals surface area contributed by atoms with Gasteiger partial charge in [0.2, 0.25) is 0 Å². The molecule has 122 valence electrons. The predicted octanol–water partition coefficient (Wildman–Crippen LogP) is 3.09. The van der Waals surface area contributed by atoms with Crippen LogP contribution in [0.15, 0.2) is 18.2 Å². The monoisotopic (exact) mass is 329 g/mol. The summed E-state index contributed by atoms with van der Waals surface area (Å²) in [5, 5.41) is 19.8. The van der Waals surface area contributed by atoms with Crippen molar-refractivity contribution in [2.45, 2.75) is 44.9 Å². The topological polar surface area (TPSA) is 60.8 Å². The first-order chi connectivity index (χ1) is 10.3. The van der Waals surface area contributed by atoms with Gasteiger partial charge < -0.3 is 10.2 Å². The minimum absolute atomic E-state index is 0.0544. The second-order valence-electron chi connectivity index (χ2n) is 6.08. The highest BCUT2D eigenvalue weighted by Gasteiger charge is 2.35. The number of hydrogen-bond donors (Lipinski definition) is 2. The first-order valence-electron chi connectivity index (χ1n) is 7.41. The molecule has 2 N–H and O–H groups in total. The van der Waals surface area contributed by atoms with Gasteiger partial charge in [-0.2, -0.15) is 0 Å². The van der Waals surface area contributed by atoms with E-state index in [0.717, 1.165) is 0 Å². The predicted molar refractivity (Wildman–Crippen MR) is 82.4 cm³/mol. The van der Waals surface area contributed by atoms with Crippen LogP contribution in [0.4, 0.5) is 4.39 Å². The molecule has 22 heavy (non-hydrogen) atoms. The molecule has 0 saturated carbocycles. The molecule has 4 nitrogen and oxygen atoms in total. The Morgan fingerprint density at radius 2 is 2.00 bits per heavy atom. The fourth-order valence-corrected chi connectivity index (χ4v) is 3.55. The number of carboxylic acids is 1. The number of nitrogens with zero attached hydrogens (tertiary/aromatic N) is 1. The molecule has 6 heteroatoms. The van der Waals surface area contributed by atoms with Gasteiger partial charge in [-0.25, -0.2) is 4.39 Å². The zero-order valence-electron chi connectivity index (χ0n) is 12.7. The fourth-order valence-electron chi connectivity index (χ4n) is 3.26. The Labute approximate surface area is 134 Å². The molecule has 1 aliphatic heterocycles. The summed E-state index contributed by atoms with van der Waals surface area (Å²) < 4.78 is 13.1. The summed E-state index contributed by atoms with van der Waals surface area (Å²) in [4.78, 5) is 13.2. The smallest absolute Gasteiger partial charge is 0.306 e. The van der Waals surface area contributed by atoms with Crippen LogP contribution in [0.3, 0.4) is 0 Å². The Hall–Kier alpha value is -1.17. The van der Waals surface area contributed by atoms with E-state index in [-0.39, 0.29) is 23.0 Å². The van der Waals surface area contributed by atoms with Crippen molar-refractivity contribution in [1.82, 2.24) is 4.90 Å². The standard InChI is InChI=1S/C16H21ClFNO3/c1-9-5-11(16(21)22)6-10(2)19(9)8-15(20)13-4-3-12(18)7-14(13)17/h3-4,7,9-11,15,20H,5-6,8H2,1-2H3,(H,21,22). The largest absolute Gasteiger partial charge is 0.481 e. The molecule has 0 aliphatic carbocycles. The van der Waals surface area contributed by atoms with E-state index in [9.17, 15) is 14.3 Å². The van der Waals surface area contributed by atoms with Crippen LogP contribution in [0.5, 0.6) is 0 Å². The second-order valence-corrected chi connectivity index (χ2v) is 6.49. The lowest BCUT2D eigenvalue weighted by Gasteiger charge is -2.42. The molecule has 1 fully saturated rings. The number of benzene rings is 1. The van der Waals surface area contributed by atoms with Crippen molar-refractivity contribution in [3.63, 3.8) is 0 Å². The van der Waals surface area contributed by atoms with Crippen LogP contribution < -0.4 is 0 Å². The SMILES string of the molecule is CC1CC(C(=O)O)CC(C)N1CC(O)c1ccc(F)cc1Cl. The number of likely N-dealkylation sites (tertiary alicyclic amines) is 1. The number of hydrogen-bond acceptors (Lipinski definition) is 3. The number of β-amino-alcohol motifs (C(OH)–C–C–N with tert-alkyl or cyclic N) is 1. The molecule has 0 bridgehead atoms. The highest BCUT2D eigenvalue weighted by atomic mass is 35.5. The summed E-state index contributed by atoms with van der Waals surface area (Å²) in [5.41, 5.74) is 0.489. The van der Waals surface area contributed by atoms with Crippen LogP contribution in [-0.2, 0) is 4.79 Å². The molecular weight excluding hydrogens is 309 g/mol. The van der Waals surface area contributed by atoms with E-state index < -0.39 is 17.9 Å². The molecule has 0 aromatic heterocycles. The minimum atomic E-state index is -0.834. The summed E-state index contributed by atoms with van der Waals surface area (Å²) in [6.45, 7) is 4.27. The molecule has 0 amide bonds. The van der Waals surface area contributed by atoms with Gasteiger partial charge in [0.15, 0.2) is 0 Å². The van der Waals surface area contributed by atoms with Crippen molar-refractivity contribution < 1.29 is 19.4 Å². The Balaban J connectivity index is 2.07. The molecule has 1 aliphatic rings. The number of carbonyl (C=O) groups is 1. The van der Waals surface area contributed by atoms with Crippen molar-refractivity contribution >= 4 is 17.6 Å². The lowest BCUT2D eigenvalue weighted by Crippen LogP contribution is -2.49. The number of halogens is 2. The molecule has 1 aromatic carbocycles. The molecule has 1 saturated heterocycles. The number of aliphatic hydroxyl groups is 1. The maximum Gasteiger partial charge on any atom is 0.306 e. The minimum Gasteiger partial charge on any atom is -0.481 e. The van der Waals surface area contributed by atoms with Crippen LogP contribution in [0, 0.1) is 11.7 Å². The van der Waals surface area contributed by atoms with Gasteiger partial charge in [0.05, 0.1) is 12.0 Å². The van der Waals surface area contributed by atoms with Crippen LogP contribution in [0.2, 0.25) is 5.02 Å². The van der Waals surface area contributed by atoms with Crippen LogP contribution in [0.1, 0.15) is 38.4 Å². The number of carboxylic acid groups (broad SMARTS) is 1. The Morgan fingerprint density at radius 3 is 2.50 bits per heavy atom. The van der Waals surface area contributed by atoms with Crippen LogP contribution in [0.25, 0.3) is 0 Å². The third-order valence-corrected chi connectivity index (χ3v) is 4.77. The van der Waals surface area contributed by atoms with Crippen molar-refractivity contribution in [1.29, 1.82) is 0 Å². The first kappa shape index (κ1) is 17.2. The van der Waals surface area contributed by atoms with Gasteiger partial charge in [-0.3, -0.25) is 9.69 Å². The second kappa shape index (κ2) is 6.94. The van der Waals surface area contributed by atoms with E-state index >= 15 is 0 Å². The number of aliphatic carboxylic acids is 1. The highest BCUT2D eigenvalue weighted by Crippen LogP contribution is 2.31.